The molecule has 5 heteroatoms. The molecule has 0 aliphatic heterocycles. The largest absolute Gasteiger partial charge is 0.357 e. The molecule has 0 saturated heterocycles. The fraction of sp³-hybridized carbons (Fsp3) is 0.562. The van der Waals surface area contributed by atoms with Gasteiger partial charge in [-0.2, -0.15) is 11.8 Å². The summed E-state index contributed by atoms with van der Waals surface area (Å²) in [7, 11) is 0. The number of rotatable bonds is 6. The van der Waals surface area contributed by atoms with Crippen LogP contribution in [0.4, 0.5) is 0 Å². The first-order valence-electron chi connectivity index (χ1n) is 7.09. The van der Waals surface area contributed by atoms with Gasteiger partial charge in [0.2, 0.25) is 0 Å². The number of hydrogen-bond donors (Lipinski definition) is 2. The first kappa shape index (κ1) is 20.6. The number of thioether (sulfide) groups is 1. The Bertz CT molecular complexity index is 447. The van der Waals surface area contributed by atoms with Crippen molar-refractivity contribution in [2.75, 3.05) is 19.3 Å². The van der Waals surface area contributed by atoms with Crippen LogP contribution >= 0.6 is 35.7 Å². The molecule has 0 unspecified atom stereocenters. The van der Waals surface area contributed by atoms with Gasteiger partial charge in [0, 0.05) is 17.8 Å². The van der Waals surface area contributed by atoms with Gasteiger partial charge in [0.1, 0.15) is 0 Å². The SMILES string of the molecule is CCNC(=NCc1cccc(C)c1)NCC(C)(C)SC.I. The molecule has 0 bridgehead atoms. The molecule has 0 aromatic heterocycles. The molecule has 0 atom stereocenters. The lowest BCUT2D eigenvalue weighted by molar-refractivity contribution is 0.665. The molecule has 0 fully saturated rings. The van der Waals surface area contributed by atoms with Crippen LogP contribution in [0.15, 0.2) is 29.3 Å². The van der Waals surface area contributed by atoms with E-state index in [2.05, 4.69) is 73.8 Å². The second kappa shape index (κ2) is 10.3. The van der Waals surface area contributed by atoms with Gasteiger partial charge in [-0.1, -0.05) is 29.8 Å². The molecule has 1 aromatic carbocycles. The monoisotopic (exact) mass is 421 g/mol. The summed E-state index contributed by atoms with van der Waals surface area (Å²) in [5, 5.41) is 6.71. The van der Waals surface area contributed by atoms with Crippen molar-refractivity contribution in [1.82, 2.24) is 10.6 Å². The van der Waals surface area contributed by atoms with E-state index in [1.54, 1.807) is 0 Å². The van der Waals surface area contributed by atoms with Crippen molar-refractivity contribution in [3.05, 3.63) is 35.4 Å². The second-order valence-electron chi connectivity index (χ2n) is 5.50. The van der Waals surface area contributed by atoms with Gasteiger partial charge >= 0.3 is 0 Å². The summed E-state index contributed by atoms with van der Waals surface area (Å²) in [5.74, 6) is 0.885. The minimum atomic E-state index is 0. The van der Waals surface area contributed by atoms with E-state index in [-0.39, 0.29) is 28.7 Å². The second-order valence-corrected chi connectivity index (χ2v) is 7.02. The minimum Gasteiger partial charge on any atom is -0.357 e. The third kappa shape index (κ3) is 8.56. The molecule has 1 rings (SSSR count). The fourth-order valence-corrected chi connectivity index (χ4v) is 1.91. The van der Waals surface area contributed by atoms with E-state index < -0.39 is 0 Å². The van der Waals surface area contributed by atoms with Crippen molar-refractivity contribution in [2.24, 2.45) is 4.99 Å². The zero-order valence-corrected chi connectivity index (χ0v) is 16.8. The highest BCUT2D eigenvalue weighted by molar-refractivity contribution is 14.0. The van der Waals surface area contributed by atoms with E-state index in [0.717, 1.165) is 19.0 Å². The Balaban J connectivity index is 0.00000400. The molecule has 0 aliphatic carbocycles. The van der Waals surface area contributed by atoms with Crippen LogP contribution in [0, 0.1) is 6.92 Å². The van der Waals surface area contributed by atoms with Crippen LogP contribution in [0.5, 0.6) is 0 Å². The molecular formula is C16H28IN3S. The summed E-state index contributed by atoms with van der Waals surface area (Å²) in [5.41, 5.74) is 2.52. The number of aryl methyl sites for hydroxylation is 1. The predicted octanol–water partition coefficient (Wildman–Crippen LogP) is 3.81. The molecule has 0 radical (unpaired) electrons. The van der Waals surface area contributed by atoms with Crippen LogP contribution in [0.25, 0.3) is 0 Å². The Labute approximate surface area is 150 Å². The van der Waals surface area contributed by atoms with Gasteiger partial charge in [0.15, 0.2) is 5.96 Å². The zero-order chi connectivity index (χ0) is 15.0. The van der Waals surface area contributed by atoms with Gasteiger partial charge in [-0.25, -0.2) is 4.99 Å². The van der Waals surface area contributed by atoms with Crippen molar-refractivity contribution < 1.29 is 0 Å². The highest BCUT2D eigenvalue weighted by Gasteiger charge is 2.15. The number of hydrogen-bond acceptors (Lipinski definition) is 2. The Kier molecular flexibility index (Phi) is 10.1. The number of aliphatic imine (C=N–C) groups is 1. The zero-order valence-electron chi connectivity index (χ0n) is 13.7. The lowest BCUT2D eigenvalue weighted by Crippen LogP contribution is -2.43. The van der Waals surface area contributed by atoms with Crippen LogP contribution in [0.1, 0.15) is 31.9 Å². The van der Waals surface area contributed by atoms with Crippen LogP contribution < -0.4 is 10.6 Å². The van der Waals surface area contributed by atoms with Gasteiger partial charge in [0.05, 0.1) is 6.54 Å². The van der Waals surface area contributed by atoms with E-state index >= 15 is 0 Å². The molecule has 21 heavy (non-hydrogen) atoms. The number of guanidine groups is 1. The van der Waals surface area contributed by atoms with E-state index in [1.807, 2.05) is 11.8 Å². The quantitative estimate of drug-likeness (QED) is 0.417. The lowest BCUT2D eigenvalue weighted by atomic mass is 10.1. The van der Waals surface area contributed by atoms with E-state index in [0.29, 0.717) is 6.54 Å². The van der Waals surface area contributed by atoms with Crippen molar-refractivity contribution in [1.29, 1.82) is 0 Å². The molecule has 0 amide bonds. The molecule has 2 N–H and O–H groups in total. The molecule has 0 aliphatic rings. The molecule has 0 saturated carbocycles. The third-order valence-electron chi connectivity index (χ3n) is 3.08. The average Bonchev–Trinajstić information content (AvgIpc) is 2.42. The minimum absolute atomic E-state index is 0. The summed E-state index contributed by atoms with van der Waals surface area (Å²) in [4.78, 5) is 4.65. The third-order valence-corrected chi connectivity index (χ3v) is 4.33. The first-order valence-corrected chi connectivity index (χ1v) is 8.32. The van der Waals surface area contributed by atoms with Crippen LogP contribution in [0.2, 0.25) is 0 Å². The Morgan fingerprint density at radius 3 is 2.57 bits per heavy atom. The Morgan fingerprint density at radius 2 is 2.00 bits per heavy atom. The van der Waals surface area contributed by atoms with Gasteiger partial charge < -0.3 is 10.6 Å². The standard InChI is InChI=1S/C16H27N3S.HI/c1-6-17-15(19-12-16(3,4)20-5)18-11-14-9-7-8-13(2)10-14;/h7-10H,6,11-12H2,1-5H3,(H2,17,18,19);1H. The summed E-state index contributed by atoms with van der Waals surface area (Å²) in [6.45, 7) is 11.1. The molecule has 0 heterocycles. The maximum Gasteiger partial charge on any atom is 0.191 e. The number of nitrogens with zero attached hydrogens (tertiary/aromatic N) is 1. The van der Waals surface area contributed by atoms with E-state index in [1.165, 1.54) is 11.1 Å². The summed E-state index contributed by atoms with van der Waals surface area (Å²) in [6, 6.07) is 8.49. The van der Waals surface area contributed by atoms with Gasteiger partial charge in [-0.05, 0) is 39.5 Å². The number of halogens is 1. The van der Waals surface area contributed by atoms with Crippen LogP contribution in [-0.4, -0.2) is 30.1 Å². The fourth-order valence-electron chi connectivity index (χ4n) is 1.69. The molecular weight excluding hydrogens is 393 g/mol. The van der Waals surface area contributed by atoms with Crippen molar-refractivity contribution >= 4 is 41.7 Å². The average molecular weight is 421 g/mol. The molecule has 0 spiro atoms. The first-order chi connectivity index (χ1) is 9.46. The van der Waals surface area contributed by atoms with Crippen molar-refractivity contribution in [3.8, 4) is 0 Å². The maximum atomic E-state index is 4.65. The van der Waals surface area contributed by atoms with Gasteiger partial charge in [-0.3, -0.25) is 0 Å². The molecule has 3 nitrogen and oxygen atoms in total. The Morgan fingerprint density at radius 1 is 1.29 bits per heavy atom. The maximum absolute atomic E-state index is 4.65. The van der Waals surface area contributed by atoms with E-state index in [9.17, 15) is 0 Å². The predicted molar refractivity (Wildman–Crippen MR) is 107 cm³/mol. The summed E-state index contributed by atoms with van der Waals surface area (Å²) < 4.78 is 0.208. The van der Waals surface area contributed by atoms with E-state index in [4.69, 9.17) is 0 Å². The van der Waals surface area contributed by atoms with Crippen LogP contribution in [0.3, 0.4) is 0 Å². The highest BCUT2D eigenvalue weighted by Crippen LogP contribution is 2.19. The normalized spacial score (nSPS) is 11.8. The van der Waals surface area contributed by atoms with Gasteiger partial charge in [-0.15, -0.1) is 24.0 Å². The van der Waals surface area contributed by atoms with Crippen LogP contribution in [-0.2, 0) is 6.54 Å². The van der Waals surface area contributed by atoms with Gasteiger partial charge in [0.25, 0.3) is 0 Å². The smallest absolute Gasteiger partial charge is 0.191 e. The number of benzene rings is 1. The lowest BCUT2D eigenvalue weighted by Gasteiger charge is -2.23. The van der Waals surface area contributed by atoms with Crippen molar-refractivity contribution in [2.45, 2.75) is 39.0 Å². The number of nitrogens with one attached hydrogen (secondary N) is 2. The summed E-state index contributed by atoms with van der Waals surface area (Å²) in [6.07, 6.45) is 2.14. The topological polar surface area (TPSA) is 36.4 Å². The molecule has 1 aromatic rings. The molecule has 120 valence electrons. The highest BCUT2D eigenvalue weighted by atomic mass is 127. The summed E-state index contributed by atoms with van der Waals surface area (Å²) >= 11 is 1.86. The Hall–Kier alpha value is -0.430. The van der Waals surface area contributed by atoms with Crippen molar-refractivity contribution in [3.63, 3.8) is 0 Å².